The van der Waals surface area contributed by atoms with Gasteiger partial charge < -0.3 is 59.8 Å². The average Bonchev–Trinajstić information content (AvgIpc) is 2.77. The molecule has 1 aromatic carbocycles. The van der Waals surface area contributed by atoms with Crippen LogP contribution in [0.25, 0.3) is 0 Å². The average molecular weight is 462 g/mol. The van der Waals surface area contributed by atoms with E-state index in [9.17, 15) is 40.9 Å². The Kier molecular flexibility index (Phi) is 7.93. The summed E-state index contributed by atoms with van der Waals surface area (Å²) in [5, 5.41) is 79.1. The van der Waals surface area contributed by atoms with Crippen LogP contribution in [0, 0.1) is 13.8 Å². The van der Waals surface area contributed by atoms with Crippen LogP contribution in [0.15, 0.2) is 12.1 Å². The van der Waals surface area contributed by atoms with Crippen LogP contribution in [0.4, 0.5) is 0 Å². The highest BCUT2D eigenvalue weighted by molar-refractivity contribution is 5.47. The second-order valence-corrected chi connectivity index (χ2v) is 8.01. The fraction of sp³-hybridized carbons (Fsp3) is 0.700. The van der Waals surface area contributed by atoms with Crippen molar-refractivity contribution in [3.63, 3.8) is 0 Å². The molecule has 32 heavy (non-hydrogen) atoms. The second kappa shape index (κ2) is 10.1. The van der Waals surface area contributed by atoms with Crippen LogP contribution < -0.4 is 9.47 Å². The van der Waals surface area contributed by atoms with Gasteiger partial charge in [0.2, 0.25) is 12.6 Å². The van der Waals surface area contributed by atoms with Gasteiger partial charge in [0.15, 0.2) is 11.5 Å². The van der Waals surface area contributed by atoms with Gasteiger partial charge in [-0.25, -0.2) is 0 Å². The zero-order valence-corrected chi connectivity index (χ0v) is 17.6. The Hall–Kier alpha value is -1.58. The van der Waals surface area contributed by atoms with Gasteiger partial charge in [-0.05, 0) is 37.1 Å². The van der Waals surface area contributed by atoms with Gasteiger partial charge >= 0.3 is 0 Å². The second-order valence-electron chi connectivity index (χ2n) is 8.01. The molecule has 0 spiro atoms. The molecule has 8 N–H and O–H groups in total. The zero-order valence-electron chi connectivity index (χ0n) is 17.6. The first-order chi connectivity index (χ1) is 15.1. The SMILES string of the molecule is Cc1cc(O[C@@H]2O[C@H](CO)[C@@H](O)[C@H](O)[C@H]2O)c(O[C@@H]2O[C@H](CO)[C@@H](O)[C@H](O)[C@H]2O)cc1C. The summed E-state index contributed by atoms with van der Waals surface area (Å²) in [4.78, 5) is 0. The lowest BCUT2D eigenvalue weighted by Crippen LogP contribution is -2.60. The molecule has 1 aromatic rings. The first-order valence-electron chi connectivity index (χ1n) is 10.1. The minimum atomic E-state index is -1.66. The molecule has 0 unspecified atom stereocenters. The van der Waals surface area contributed by atoms with E-state index in [-0.39, 0.29) is 11.5 Å². The number of hydrogen-bond acceptors (Lipinski definition) is 12. The lowest BCUT2D eigenvalue weighted by molar-refractivity contribution is -0.282. The zero-order chi connectivity index (χ0) is 23.7. The molecule has 2 fully saturated rings. The molecule has 182 valence electrons. The van der Waals surface area contributed by atoms with E-state index in [1.54, 1.807) is 13.8 Å². The van der Waals surface area contributed by atoms with Crippen molar-refractivity contribution >= 4 is 0 Å². The van der Waals surface area contributed by atoms with Crippen LogP contribution in [0.1, 0.15) is 11.1 Å². The maximum atomic E-state index is 10.3. The van der Waals surface area contributed by atoms with E-state index >= 15 is 0 Å². The van der Waals surface area contributed by atoms with Gasteiger partial charge in [0.25, 0.3) is 0 Å². The van der Waals surface area contributed by atoms with Crippen LogP contribution in [0.2, 0.25) is 0 Å². The van der Waals surface area contributed by atoms with Gasteiger partial charge in [-0.1, -0.05) is 0 Å². The predicted octanol–water partition coefficient (Wildman–Crippen LogP) is -3.34. The lowest BCUT2D eigenvalue weighted by atomic mass is 9.99. The summed E-state index contributed by atoms with van der Waals surface area (Å²) in [7, 11) is 0. The normalized spacial score (nSPS) is 40.2. The number of rotatable bonds is 6. The van der Waals surface area contributed by atoms with Gasteiger partial charge in [-0.2, -0.15) is 0 Å². The Balaban J connectivity index is 1.86. The van der Waals surface area contributed by atoms with Gasteiger partial charge in [0.1, 0.15) is 48.8 Å². The Labute approximate surface area is 183 Å². The fourth-order valence-corrected chi connectivity index (χ4v) is 3.53. The molecule has 0 bridgehead atoms. The number of aliphatic hydroxyl groups is 8. The maximum absolute atomic E-state index is 10.3. The topological polar surface area (TPSA) is 199 Å². The van der Waals surface area contributed by atoms with Crippen LogP contribution in [-0.2, 0) is 9.47 Å². The van der Waals surface area contributed by atoms with Crippen LogP contribution in [0.5, 0.6) is 11.5 Å². The fourth-order valence-electron chi connectivity index (χ4n) is 3.53. The summed E-state index contributed by atoms with van der Waals surface area (Å²) in [6, 6.07) is 3.08. The molecule has 0 saturated carbocycles. The number of aryl methyl sites for hydroxylation is 2. The van der Waals surface area contributed by atoms with Crippen molar-refractivity contribution in [2.75, 3.05) is 13.2 Å². The van der Waals surface area contributed by atoms with E-state index in [2.05, 4.69) is 0 Å². The van der Waals surface area contributed by atoms with Crippen molar-refractivity contribution in [1.82, 2.24) is 0 Å². The molecule has 0 aliphatic carbocycles. The number of ether oxygens (including phenoxy) is 4. The van der Waals surface area contributed by atoms with E-state index < -0.39 is 74.6 Å². The molecule has 12 nitrogen and oxygen atoms in total. The minimum Gasteiger partial charge on any atom is -0.458 e. The molecule has 0 aromatic heterocycles. The van der Waals surface area contributed by atoms with Crippen molar-refractivity contribution < 1.29 is 59.8 Å². The Morgan fingerprint density at radius 3 is 1.28 bits per heavy atom. The van der Waals surface area contributed by atoms with Gasteiger partial charge in [0.05, 0.1) is 13.2 Å². The Morgan fingerprint density at radius 1 is 0.625 bits per heavy atom. The third kappa shape index (κ3) is 4.84. The molecule has 0 radical (unpaired) electrons. The third-order valence-electron chi connectivity index (χ3n) is 5.74. The Bertz CT molecular complexity index is 708. The summed E-state index contributed by atoms with van der Waals surface area (Å²) in [6.07, 6.45) is -15.0. The number of aliphatic hydroxyl groups excluding tert-OH is 8. The molecule has 12 heteroatoms. The van der Waals surface area contributed by atoms with Crippen molar-refractivity contribution in [2.24, 2.45) is 0 Å². The van der Waals surface area contributed by atoms with Crippen molar-refractivity contribution in [3.8, 4) is 11.5 Å². The summed E-state index contributed by atoms with van der Waals surface area (Å²) >= 11 is 0. The summed E-state index contributed by atoms with van der Waals surface area (Å²) in [5.74, 6) is 0.0174. The van der Waals surface area contributed by atoms with Gasteiger partial charge in [-0.15, -0.1) is 0 Å². The number of benzene rings is 1. The molecular formula is C20H30O12. The minimum absolute atomic E-state index is 0.00869. The highest BCUT2D eigenvalue weighted by atomic mass is 16.7. The maximum Gasteiger partial charge on any atom is 0.229 e. The van der Waals surface area contributed by atoms with E-state index in [0.717, 1.165) is 11.1 Å². The largest absolute Gasteiger partial charge is 0.458 e. The van der Waals surface area contributed by atoms with E-state index in [1.807, 2.05) is 0 Å². The molecular weight excluding hydrogens is 432 g/mol. The van der Waals surface area contributed by atoms with E-state index in [0.29, 0.717) is 0 Å². The highest BCUT2D eigenvalue weighted by Crippen LogP contribution is 2.36. The van der Waals surface area contributed by atoms with Crippen molar-refractivity contribution in [1.29, 1.82) is 0 Å². The third-order valence-corrected chi connectivity index (χ3v) is 5.74. The van der Waals surface area contributed by atoms with Crippen LogP contribution in [-0.4, -0.2) is 115 Å². The molecule has 0 amide bonds. The van der Waals surface area contributed by atoms with Crippen molar-refractivity contribution in [2.45, 2.75) is 75.3 Å². The summed E-state index contributed by atoms with van der Waals surface area (Å²) < 4.78 is 22.1. The van der Waals surface area contributed by atoms with Crippen molar-refractivity contribution in [3.05, 3.63) is 23.3 Å². The number of hydrogen-bond donors (Lipinski definition) is 8. The predicted molar refractivity (Wildman–Crippen MR) is 105 cm³/mol. The molecule has 10 atom stereocenters. The first kappa shape index (κ1) is 25.1. The lowest BCUT2D eigenvalue weighted by Gasteiger charge is -2.41. The summed E-state index contributed by atoms with van der Waals surface area (Å²) in [6.45, 7) is 2.28. The first-order valence-corrected chi connectivity index (χ1v) is 10.1. The highest BCUT2D eigenvalue weighted by Gasteiger charge is 2.46. The summed E-state index contributed by atoms with van der Waals surface area (Å²) in [5.41, 5.74) is 1.51. The van der Waals surface area contributed by atoms with Gasteiger partial charge in [-0.3, -0.25) is 0 Å². The van der Waals surface area contributed by atoms with Gasteiger partial charge in [0, 0.05) is 0 Å². The molecule has 2 aliphatic rings. The quantitative estimate of drug-likeness (QED) is 0.209. The van der Waals surface area contributed by atoms with Crippen LogP contribution >= 0.6 is 0 Å². The van der Waals surface area contributed by atoms with E-state index in [1.165, 1.54) is 12.1 Å². The molecule has 2 heterocycles. The van der Waals surface area contributed by atoms with E-state index in [4.69, 9.17) is 18.9 Å². The molecule has 3 rings (SSSR count). The standard InChI is InChI=1S/C20H30O12/c1-7-3-9(29-19-17(27)15(25)13(23)11(5-21)31-19)10(4-8(7)2)30-20-18(28)16(26)14(24)12(6-22)32-20/h3-4,11-28H,5-6H2,1-2H3/t11-,12-,13-,14-,15+,16+,17-,18-,19-,20-/m1/s1. The smallest absolute Gasteiger partial charge is 0.229 e. The molecule has 2 saturated heterocycles. The van der Waals surface area contributed by atoms with Crippen LogP contribution in [0.3, 0.4) is 0 Å². The monoisotopic (exact) mass is 462 g/mol. The molecule has 2 aliphatic heterocycles. The Morgan fingerprint density at radius 2 is 0.969 bits per heavy atom.